The number of rotatable bonds is 6. The van der Waals surface area contributed by atoms with Crippen LogP contribution in [0.4, 0.5) is 4.39 Å². The molecule has 0 saturated carbocycles. The standard InChI is InChI=1S/C15H19FN2O/c1-3-17-6-4-5-15-18-10-14(19-15)12-7-11(2)8-13(16)9-12/h7-10,17H,3-6H2,1-2H3. The smallest absolute Gasteiger partial charge is 0.194 e. The summed E-state index contributed by atoms with van der Waals surface area (Å²) in [7, 11) is 0. The molecule has 1 aromatic heterocycles. The van der Waals surface area contributed by atoms with Crippen LogP contribution < -0.4 is 5.32 Å². The summed E-state index contributed by atoms with van der Waals surface area (Å²) in [5, 5.41) is 3.25. The van der Waals surface area contributed by atoms with Crippen LogP contribution in [0.2, 0.25) is 0 Å². The van der Waals surface area contributed by atoms with Crippen LogP contribution in [-0.2, 0) is 6.42 Å². The minimum absolute atomic E-state index is 0.250. The number of nitrogens with one attached hydrogen (secondary N) is 1. The number of aromatic nitrogens is 1. The fourth-order valence-corrected chi connectivity index (χ4v) is 1.98. The molecule has 0 radical (unpaired) electrons. The number of benzene rings is 1. The highest BCUT2D eigenvalue weighted by Gasteiger charge is 2.08. The highest BCUT2D eigenvalue weighted by molar-refractivity contribution is 5.57. The van der Waals surface area contributed by atoms with Crippen molar-refractivity contribution in [3.63, 3.8) is 0 Å². The molecule has 0 saturated heterocycles. The molecule has 2 rings (SSSR count). The average Bonchev–Trinajstić information content (AvgIpc) is 2.82. The molecule has 102 valence electrons. The normalized spacial score (nSPS) is 10.9. The Kier molecular flexibility index (Phi) is 4.68. The van der Waals surface area contributed by atoms with Gasteiger partial charge in [-0.25, -0.2) is 9.37 Å². The molecule has 0 aliphatic heterocycles. The van der Waals surface area contributed by atoms with Crippen LogP contribution in [0.25, 0.3) is 11.3 Å². The van der Waals surface area contributed by atoms with Crippen LogP contribution in [-0.4, -0.2) is 18.1 Å². The summed E-state index contributed by atoms with van der Waals surface area (Å²) in [4.78, 5) is 4.23. The van der Waals surface area contributed by atoms with Gasteiger partial charge in [-0.2, -0.15) is 0 Å². The molecular formula is C15H19FN2O. The van der Waals surface area contributed by atoms with E-state index in [0.717, 1.165) is 37.1 Å². The monoisotopic (exact) mass is 262 g/mol. The molecule has 0 aliphatic rings. The molecular weight excluding hydrogens is 243 g/mol. The van der Waals surface area contributed by atoms with Gasteiger partial charge >= 0.3 is 0 Å². The maximum absolute atomic E-state index is 13.3. The Hall–Kier alpha value is -1.68. The Morgan fingerprint density at radius 1 is 1.32 bits per heavy atom. The molecule has 0 amide bonds. The Bertz CT molecular complexity index is 516. The topological polar surface area (TPSA) is 38.1 Å². The van der Waals surface area contributed by atoms with Crippen LogP contribution >= 0.6 is 0 Å². The van der Waals surface area contributed by atoms with Crippen LogP contribution in [0.1, 0.15) is 24.8 Å². The van der Waals surface area contributed by atoms with Crippen molar-refractivity contribution in [1.29, 1.82) is 0 Å². The lowest BCUT2D eigenvalue weighted by atomic mass is 10.1. The second kappa shape index (κ2) is 6.48. The van der Waals surface area contributed by atoms with E-state index in [1.807, 2.05) is 13.0 Å². The van der Waals surface area contributed by atoms with E-state index in [1.165, 1.54) is 12.1 Å². The first kappa shape index (κ1) is 13.7. The first-order valence-electron chi connectivity index (χ1n) is 6.62. The second-order valence-corrected chi connectivity index (χ2v) is 4.59. The van der Waals surface area contributed by atoms with Crippen molar-refractivity contribution < 1.29 is 8.81 Å². The van der Waals surface area contributed by atoms with Crippen LogP contribution in [0.3, 0.4) is 0 Å². The minimum atomic E-state index is -0.250. The Balaban J connectivity index is 2.03. The first-order valence-corrected chi connectivity index (χ1v) is 6.62. The predicted octanol–water partition coefficient (Wildman–Crippen LogP) is 3.33. The minimum Gasteiger partial charge on any atom is -0.441 e. The van der Waals surface area contributed by atoms with E-state index >= 15 is 0 Å². The van der Waals surface area contributed by atoms with Crippen molar-refractivity contribution in [3.8, 4) is 11.3 Å². The van der Waals surface area contributed by atoms with Crippen molar-refractivity contribution in [1.82, 2.24) is 10.3 Å². The lowest BCUT2D eigenvalue weighted by molar-refractivity contribution is 0.492. The van der Waals surface area contributed by atoms with Crippen molar-refractivity contribution in [2.24, 2.45) is 0 Å². The molecule has 1 heterocycles. The van der Waals surface area contributed by atoms with E-state index in [4.69, 9.17) is 4.42 Å². The van der Waals surface area contributed by atoms with Gasteiger partial charge in [-0.05, 0) is 50.2 Å². The van der Waals surface area contributed by atoms with Gasteiger partial charge in [0.2, 0.25) is 0 Å². The Labute approximate surface area is 112 Å². The maximum Gasteiger partial charge on any atom is 0.194 e. The molecule has 19 heavy (non-hydrogen) atoms. The molecule has 1 aromatic carbocycles. The zero-order valence-corrected chi connectivity index (χ0v) is 11.4. The summed E-state index contributed by atoms with van der Waals surface area (Å²) in [5.74, 6) is 1.08. The van der Waals surface area contributed by atoms with E-state index in [9.17, 15) is 4.39 Å². The van der Waals surface area contributed by atoms with Crippen molar-refractivity contribution in [2.75, 3.05) is 13.1 Å². The molecule has 1 N–H and O–H groups in total. The van der Waals surface area contributed by atoms with Crippen molar-refractivity contribution >= 4 is 0 Å². The zero-order chi connectivity index (χ0) is 13.7. The van der Waals surface area contributed by atoms with Gasteiger partial charge in [-0.15, -0.1) is 0 Å². The van der Waals surface area contributed by atoms with E-state index in [-0.39, 0.29) is 5.82 Å². The van der Waals surface area contributed by atoms with Gasteiger partial charge in [-0.3, -0.25) is 0 Å². The molecule has 0 bridgehead atoms. The molecule has 0 spiro atoms. The van der Waals surface area contributed by atoms with Gasteiger partial charge in [0.1, 0.15) is 5.82 Å². The Morgan fingerprint density at radius 3 is 2.89 bits per heavy atom. The van der Waals surface area contributed by atoms with Gasteiger partial charge in [0.15, 0.2) is 11.7 Å². The number of hydrogen-bond donors (Lipinski definition) is 1. The fourth-order valence-electron chi connectivity index (χ4n) is 1.98. The molecule has 0 unspecified atom stereocenters. The maximum atomic E-state index is 13.3. The molecule has 0 atom stereocenters. The van der Waals surface area contributed by atoms with Gasteiger partial charge in [-0.1, -0.05) is 6.92 Å². The molecule has 0 aliphatic carbocycles. The van der Waals surface area contributed by atoms with Gasteiger partial charge < -0.3 is 9.73 Å². The van der Waals surface area contributed by atoms with Gasteiger partial charge in [0, 0.05) is 12.0 Å². The van der Waals surface area contributed by atoms with Crippen LogP contribution in [0.15, 0.2) is 28.8 Å². The van der Waals surface area contributed by atoms with E-state index in [2.05, 4.69) is 17.2 Å². The fraction of sp³-hybridized carbons (Fsp3) is 0.400. The van der Waals surface area contributed by atoms with E-state index < -0.39 is 0 Å². The lowest BCUT2D eigenvalue weighted by Crippen LogP contribution is -2.14. The van der Waals surface area contributed by atoms with Crippen LogP contribution in [0, 0.1) is 12.7 Å². The van der Waals surface area contributed by atoms with Crippen LogP contribution in [0.5, 0.6) is 0 Å². The number of halogens is 1. The third-order valence-electron chi connectivity index (χ3n) is 2.87. The lowest BCUT2D eigenvalue weighted by Gasteiger charge is -2.00. The summed E-state index contributed by atoms with van der Waals surface area (Å²) >= 11 is 0. The summed E-state index contributed by atoms with van der Waals surface area (Å²) in [6.45, 7) is 5.86. The first-order chi connectivity index (χ1) is 9.19. The van der Waals surface area contributed by atoms with E-state index in [0.29, 0.717) is 11.7 Å². The third-order valence-corrected chi connectivity index (χ3v) is 2.87. The van der Waals surface area contributed by atoms with E-state index in [1.54, 1.807) is 6.20 Å². The molecule has 0 fully saturated rings. The number of aryl methyl sites for hydroxylation is 2. The summed E-state index contributed by atoms with van der Waals surface area (Å²) in [5.41, 5.74) is 1.61. The number of nitrogens with zero attached hydrogens (tertiary/aromatic N) is 1. The zero-order valence-electron chi connectivity index (χ0n) is 11.4. The Morgan fingerprint density at radius 2 is 2.16 bits per heavy atom. The summed E-state index contributed by atoms with van der Waals surface area (Å²) < 4.78 is 19.0. The second-order valence-electron chi connectivity index (χ2n) is 4.59. The summed E-state index contributed by atoms with van der Waals surface area (Å²) in [6.07, 6.45) is 3.44. The largest absolute Gasteiger partial charge is 0.441 e. The average molecular weight is 262 g/mol. The SMILES string of the molecule is CCNCCCc1ncc(-c2cc(C)cc(F)c2)o1. The highest BCUT2D eigenvalue weighted by atomic mass is 19.1. The number of hydrogen-bond acceptors (Lipinski definition) is 3. The van der Waals surface area contributed by atoms with Gasteiger partial charge in [0.25, 0.3) is 0 Å². The highest BCUT2D eigenvalue weighted by Crippen LogP contribution is 2.23. The quantitative estimate of drug-likeness (QED) is 0.811. The number of oxazole rings is 1. The van der Waals surface area contributed by atoms with Gasteiger partial charge in [0.05, 0.1) is 6.20 Å². The van der Waals surface area contributed by atoms with Crippen molar-refractivity contribution in [2.45, 2.75) is 26.7 Å². The molecule has 3 nitrogen and oxygen atoms in total. The molecule has 2 aromatic rings. The molecule has 4 heteroatoms. The predicted molar refractivity (Wildman–Crippen MR) is 73.5 cm³/mol. The summed E-state index contributed by atoms with van der Waals surface area (Å²) in [6, 6.07) is 4.86. The third kappa shape index (κ3) is 3.89. The van der Waals surface area contributed by atoms with Crippen molar-refractivity contribution in [3.05, 3.63) is 41.7 Å².